The standard InChI is InChI=1S/C12H10BrNO3S.ClH/c13-7-4-3-6(12(16)17)11(15)9(7)10(14)8-2-1-5-18-8;/h1-5,10,15H,14H2,(H,16,17);1H/t10-;/m1./s1. The van der Waals surface area contributed by atoms with Gasteiger partial charge in [0.05, 0.1) is 6.04 Å². The van der Waals surface area contributed by atoms with Crippen LogP contribution < -0.4 is 5.73 Å². The molecule has 0 saturated heterocycles. The maximum atomic E-state index is 11.0. The summed E-state index contributed by atoms with van der Waals surface area (Å²) in [6, 6.07) is 6.05. The van der Waals surface area contributed by atoms with Crippen LogP contribution in [0.5, 0.6) is 5.75 Å². The Morgan fingerprint density at radius 1 is 1.37 bits per heavy atom. The van der Waals surface area contributed by atoms with Gasteiger partial charge in [-0.05, 0) is 23.6 Å². The Balaban J connectivity index is 0.00000180. The second kappa shape index (κ2) is 6.38. The smallest absolute Gasteiger partial charge is 0.339 e. The van der Waals surface area contributed by atoms with E-state index in [1.165, 1.54) is 17.4 Å². The Kier molecular flexibility index (Phi) is 5.37. The molecule has 4 nitrogen and oxygen atoms in total. The van der Waals surface area contributed by atoms with Crippen molar-refractivity contribution >= 4 is 45.6 Å². The van der Waals surface area contributed by atoms with E-state index in [4.69, 9.17) is 10.8 Å². The average Bonchev–Trinajstić information content (AvgIpc) is 2.81. The fourth-order valence-corrected chi connectivity index (χ4v) is 2.96. The molecule has 1 atom stereocenters. The molecule has 0 saturated carbocycles. The maximum absolute atomic E-state index is 11.0. The van der Waals surface area contributed by atoms with Crippen molar-refractivity contribution in [1.82, 2.24) is 0 Å². The van der Waals surface area contributed by atoms with Crippen LogP contribution in [0.25, 0.3) is 0 Å². The molecule has 2 aromatic rings. The second-order valence-corrected chi connectivity index (χ2v) is 5.49. The Morgan fingerprint density at radius 2 is 2.05 bits per heavy atom. The quantitative estimate of drug-likeness (QED) is 0.779. The zero-order valence-corrected chi connectivity index (χ0v) is 12.8. The number of halogens is 2. The highest BCUT2D eigenvalue weighted by atomic mass is 79.9. The molecule has 4 N–H and O–H groups in total. The van der Waals surface area contributed by atoms with Crippen molar-refractivity contribution in [3.63, 3.8) is 0 Å². The van der Waals surface area contributed by atoms with E-state index in [-0.39, 0.29) is 23.7 Å². The Hall–Kier alpha value is -1.08. The molecule has 0 radical (unpaired) electrons. The van der Waals surface area contributed by atoms with Crippen molar-refractivity contribution in [1.29, 1.82) is 0 Å². The van der Waals surface area contributed by atoms with E-state index in [0.717, 1.165) is 4.88 Å². The molecule has 7 heteroatoms. The molecular weight excluding hydrogens is 354 g/mol. The molecule has 1 aromatic heterocycles. The first-order chi connectivity index (χ1) is 8.52. The van der Waals surface area contributed by atoms with Crippen LogP contribution in [0.1, 0.15) is 26.8 Å². The molecule has 0 fully saturated rings. The Bertz CT molecular complexity index is 589. The van der Waals surface area contributed by atoms with Gasteiger partial charge in [-0.25, -0.2) is 4.79 Å². The second-order valence-electron chi connectivity index (χ2n) is 3.66. The summed E-state index contributed by atoms with van der Waals surface area (Å²) in [6.07, 6.45) is 0. The van der Waals surface area contributed by atoms with Crippen molar-refractivity contribution in [2.75, 3.05) is 0 Å². The molecule has 2 rings (SSSR count). The summed E-state index contributed by atoms with van der Waals surface area (Å²) in [5, 5.41) is 20.9. The van der Waals surface area contributed by atoms with Crippen LogP contribution in [0.2, 0.25) is 0 Å². The minimum Gasteiger partial charge on any atom is -0.507 e. The topological polar surface area (TPSA) is 83.6 Å². The molecule has 0 aliphatic rings. The number of carboxylic acid groups (broad SMARTS) is 1. The van der Waals surface area contributed by atoms with Gasteiger partial charge in [-0.15, -0.1) is 23.7 Å². The zero-order chi connectivity index (χ0) is 13.3. The first-order valence-corrected chi connectivity index (χ1v) is 6.73. The fourth-order valence-electron chi connectivity index (χ4n) is 1.66. The van der Waals surface area contributed by atoms with Gasteiger partial charge >= 0.3 is 5.97 Å². The summed E-state index contributed by atoms with van der Waals surface area (Å²) in [4.78, 5) is 11.8. The van der Waals surface area contributed by atoms with E-state index < -0.39 is 12.0 Å². The first-order valence-electron chi connectivity index (χ1n) is 5.06. The van der Waals surface area contributed by atoms with Gasteiger partial charge in [0.1, 0.15) is 11.3 Å². The summed E-state index contributed by atoms with van der Waals surface area (Å²) in [6.45, 7) is 0. The third-order valence-corrected chi connectivity index (χ3v) is 4.20. The van der Waals surface area contributed by atoms with Gasteiger partial charge in [-0.3, -0.25) is 0 Å². The molecule has 1 aromatic carbocycles. The molecule has 0 amide bonds. The first kappa shape index (κ1) is 16.0. The van der Waals surface area contributed by atoms with E-state index in [1.807, 2.05) is 17.5 Å². The number of benzene rings is 1. The van der Waals surface area contributed by atoms with E-state index in [9.17, 15) is 9.90 Å². The van der Waals surface area contributed by atoms with Crippen molar-refractivity contribution in [2.45, 2.75) is 6.04 Å². The van der Waals surface area contributed by atoms with Crippen molar-refractivity contribution < 1.29 is 15.0 Å². The van der Waals surface area contributed by atoms with Crippen molar-refractivity contribution in [2.24, 2.45) is 5.73 Å². The zero-order valence-electron chi connectivity index (χ0n) is 9.54. The van der Waals surface area contributed by atoms with Gasteiger partial charge in [0, 0.05) is 14.9 Å². The third kappa shape index (κ3) is 3.09. The van der Waals surface area contributed by atoms with E-state index in [0.29, 0.717) is 10.0 Å². The third-order valence-electron chi connectivity index (χ3n) is 2.55. The van der Waals surface area contributed by atoms with Crippen LogP contribution in [-0.4, -0.2) is 16.2 Å². The van der Waals surface area contributed by atoms with Crippen LogP contribution >= 0.6 is 39.7 Å². The summed E-state index contributed by atoms with van der Waals surface area (Å²) >= 11 is 4.74. The van der Waals surface area contributed by atoms with E-state index in [2.05, 4.69) is 15.9 Å². The highest BCUT2D eigenvalue weighted by Crippen LogP contribution is 2.37. The number of carbonyl (C=O) groups is 1. The predicted molar refractivity (Wildman–Crippen MR) is 80.4 cm³/mol. The lowest BCUT2D eigenvalue weighted by Gasteiger charge is -2.15. The summed E-state index contributed by atoms with van der Waals surface area (Å²) < 4.78 is 0.589. The number of carboxylic acids is 1. The monoisotopic (exact) mass is 363 g/mol. The number of nitrogens with two attached hydrogens (primary N) is 1. The van der Waals surface area contributed by atoms with Gasteiger partial charge in [0.15, 0.2) is 0 Å². The minimum absolute atomic E-state index is 0. The molecule has 0 aliphatic heterocycles. The van der Waals surface area contributed by atoms with Crippen LogP contribution in [0, 0.1) is 0 Å². The lowest BCUT2D eigenvalue weighted by Crippen LogP contribution is -2.12. The number of aromatic hydroxyl groups is 1. The molecule has 0 spiro atoms. The Labute approximate surface area is 128 Å². The van der Waals surface area contributed by atoms with Crippen LogP contribution in [0.3, 0.4) is 0 Å². The molecular formula is C12H11BrClNO3S. The number of hydrogen-bond donors (Lipinski definition) is 3. The fraction of sp³-hybridized carbons (Fsp3) is 0.0833. The van der Waals surface area contributed by atoms with Gasteiger partial charge < -0.3 is 15.9 Å². The molecule has 0 unspecified atom stereocenters. The van der Waals surface area contributed by atoms with Crippen LogP contribution in [0.4, 0.5) is 0 Å². The lowest BCUT2D eigenvalue weighted by molar-refractivity contribution is 0.0693. The van der Waals surface area contributed by atoms with Crippen molar-refractivity contribution in [3.8, 4) is 5.75 Å². The minimum atomic E-state index is -1.18. The van der Waals surface area contributed by atoms with Gasteiger partial charge in [-0.1, -0.05) is 22.0 Å². The normalized spacial score (nSPS) is 11.7. The van der Waals surface area contributed by atoms with Crippen molar-refractivity contribution in [3.05, 3.63) is 50.1 Å². The summed E-state index contributed by atoms with van der Waals surface area (Å²) in [7, 11) is 0. The Morgan fingerprint density at radius 3 is 2.58 bits per heavy atom. The number of thiophene rings is 1. The van der Waals surface area contributed by atoms with E-state index in [1.54, 1.807) is 6.07 Å². The number of aromatic carboxylic acids is 1. The number of rotatable bonds is 3. The SMILES string of the molecule is Cl.N[C@H](c1cccs1)c1c(Br)ccc(C(=O)O)c1O. The predicted octanol–water partition coefficient (Wildman–Crippen LogP) is 3.38. The van der Waals surface area contributed by atoms with E-state index >= 15 is 0 Å². The molecule has 19 heavy (non-hydrogen) atoms. The number of phenols is 1. The largest absolute Gasteiger partial charge is 0.507 e. The van der Waals surface area contributed by atoms with Crippen LogP contribution in [0.15, 0.2) is 34.1 Å². The molecule has 0 bridgehead atoms. The maximum Gasteiger partial charge on any atom is 0.339 e. The highest BCUT2D eigenvalue weighted by molar-refractivity contribution is 9.10. The summed E-state index contributed by atoms with van der Waals surface area (Å²) in [5.74, 6) is -1.47. The molecule has 0 aliphatic carbocycles. The van der Waals surface area contributed by atoms with Crippen LogP contribution in [-0.2, 0) is 0 Å². The summed E-state index contributed by atoms with van der Waals surface area (Å²) in [5.41, 5.74) is 6.29. The molecule has 1 heterocycles. The number of hydrogen-bond acceptors (Lipinski definition) is 4. The van der Waals surface area contributed by atoms with Gasteiger partial charge in [-0.2, -0.15) is 0 Å². The van der Waals surface area contributed by atoms with Gasteiger partial charge in [0.2, 0.25) is 0 Å². The van der Waals surface area contributed by atoms with Gasteiger partial charge in [0.25, 0.3) is 0 Å². The average molecular weight is 365 g/mol. The lowest BCUT2D eigenvalue weighted by atomic mass is 10.0. The molecule has 102 valence electrons. The highest BCUT2D eigenvalue weighted by Gasteiger charge is 2.22.